The van der Waals surface area contributed by atoms with Crippen LogP contribution in [0.2, 0.25) is 0 Å². The van der Waals surface area contributed by atoms with E-state index in [0.29, 0.717) is 18.6 Å². The molecule has 1 aliphatic rings. The predicted octanol–water partition coefficient (Wildman–Crippen LogP) is 1.30. The first kappa shape index (κ1) is 17.7. The van der Waals surface area contributed by atoms with Crippen LogP contribution in [0, 0.1) is 6.92 Å². The molecule has 2 N–H and O–H groups in total. The molecule has 3 rings (SSSR count). The van der Waals surface area contributed by atoms with Gasteiger partial charge in [0.05, 0.1) is 15.9 Å². The standard InChI is InChI=1S/C16H23N5O3S/c1-11(2)17-16(22)20-6-8-21(9-7-20)25(23,24)13-4-5-14-15(10-13)19-12(3)18-14/h4-5,10-11H,6-9H2,1-3H3,(H,17,22)(H,18,19). The Hall–Kier alpha value is -2.13. The summed E-state index contributed by atoms with van der Waals surface area (Å²) in [5.74, 6) is 0.745. The lowest BCUT2D eigenvalue weighted by Crippen LogP contribution is -2.53. The SMILES string of the molecule is Cc1nc2ccc(S(=O)(=O)N3CCN(C(=O)NC(C)C)CC3)cc2[nH]1. The largest absolute Gasteiger partial charge is 0.342 e. The van der Waals surface area contributed by atoms with Crippen LogP contribution < -0.4 is 5.32 Å². The number of rotatable bonds is 3. The van der Waals surface area contributed by atoms with Gasteiger partial charge >= 0.3 is 6.03 Å². The summed E-state index contributed by atoms with van der Waals surface area (Å²) in [6, 6.07) is 4.80. The molecular weight excluding hydrogens is 342 g/mol. The minimum atomic E-state index is -3.59. The number of piperazine rings is 1. The van der Waals surface area contributed by atoms with Gasteiger partial charge in [-0.2, -0.15) is 4.31 Å². The highest BCUT2D eigenvalue weighted by atomic mass is 32.2. The van der Waals surface area contributed by atoms with E-state index < -0.39 is 10.0 Å². The van der Waals surface area contributed by atoms with Gasteiger partial charge in [0.1, 0.15) is 5.82 Å². The molecule has 8 nitrogen and oxygen atoms in total. The van der Waals surface area contributed by atoms with Crippen molar-refractivity contribution in [2.75, 3.05) is 26.2 Å². The molecule has 2 aromatic rings. The third-order valence-corrected chi connectivity index (χ3v) is 6.04. The number of carbonyl (C=O) groups is 1. The third kappa shape index (κ3) is 3.62. The molecule has 1 saturated heterocycles. The molecule has 25 heavy (non-hydrogen) atoms. The summed E-state index contributed by atoms with van der Waals surface area (Å²) in [7, 11) is -3.59. The molecule has 0 unspecified atom stereocenters. The van der Waals surface area contributed by atoms with Crippen molar-refractivity contribution < 1.29 is 13.2 Å². The van der Waals surface area contributed by atoms with Gasteiger partial charge in [-0.25, -0.2) is 18.2 Å². The first-order valence-corrected chi connectivity index (χ1v) is 9.73. The average molecular weight is 365 g/mol. The van der Waals surface area contributed by atoms with E-state index in [0.717, 1.165) is 11.3 Å². The fourth-order valence-corrected chi connectivity index (χ4v) is 4.34. The van der Waals surface area contributed by atoms with Gasteiger partial charge in [-0.1, -0.05) is 0 Å². The Bertz CT molecular complexity index is 882. The number of nitrogens with one attached hydrogen (secondary N) is 2. The molecule has 1 aromatic heterocycles. The lowest BCUT2D eigenvalue weighted by molar-refractivity contribution is 0.170. The van der Waals surface area contributed by atoms with E-state index in [1.807, 2.05) is 20.8 Å². The van der Waals surface area contributed by atoms with Crippen LogP contribution >= 0.6 is 0 Å². The van der Waals surface area contributed by atoms with E-state index in [2.05, 4.69) is 15.3 Å². The van der Waals surface area contributed by atoms with Crippen LogP contribution in [0.4, 0.5) is 4.79 Å². The molecule has 1 aliphatic heterocycles. The van der Waals surface area contributed by atoms with Gasteiger partial charge in [0.2, 0.25) is 10.0 Å². The summed E-state index contributed by atoms with van der Waals surface area (Å²) >= 11 is 0. The van der Waals surface area contributed by atoms with E-state index in [9.17, 15) is 13.2 Å². The van der Waals surface area contributed by atoms with Crippen molar-refractivity contribution >= 4 is 27.1 Å². The molecular formula is C16H23N5O3S. The zero-order valence-corrected chi connectivity index (χ0v) is 15.4. The number of hydrogen-bond donors (Lipinski definition) is 2. The number of urea groups is 1. The topological polar surface area (TPSA) is 98.4 Å². The highest BCUT2D eigenvalue weighted by Crippen LogP contribution is 2.21. The van der Waals surface area contributed by atoms with Crippen LogP contribution in [0.25, 0.3) is 11.0 Å². The third-order valence-electron chi connectivity index (χ3n) is 4.15. The maximum Gasteiger partial charge on any atom is 0.317 e. The highest BCUT2D eigenvalue weighted by Gasteiger charge is 2.30. The van der Waals surface area contributed by atoms with E-state index in [-0.39, 0.29) is 30.1 Å². The zero-order chi connectivity index (χ0) is 18.2. The first-order valence-electron chi connectivity index (χ1n) is 8.29. The second kappa shape index (κ2) is 6.64. The summed E-state index contributed by atoms with van der Waals surface area (Å²) in [5.41, 5.74) is 1.44. The Morgan fingerprint density at radius 1 is 1.24 bits per heavy atom. The number of aromatic amines is 1. The molecule has 1 aromatic carbocycles. The average Bonchev–Trinajstić information content (AvgIpc) is 2.93. The molecule has 136 valence electrons. The smallest absolute Gasteiger partial charge is 0.317 e. The number of carbonyl (C=O) groups excluding carboxylic acids is 1. The summed E-state index contributed by atoms with van der Waals surface area (Å²) in [4.78, 5) is 21.3. The summed E-state index contributed by atoms with van der Waals surface area (Å²) < 4.78 is 27.2. The Morgan fingerprint density at radius 3 is 2.56 bits per heavy atom. The molecule has 0 aliphatic carbocycles. The van der Waals surface area contributed by atoms with Gasteiger partial charge in [-0.3, -0.25) is 0 Å². The Balaban J connectivity index is 1.73. The van der Waals surface area contributed by atoms with Crippen LogP contribution in [0.3, 0.4) is 0 Å². The van der Waals surface area contributed by atoms with Crippen molar-refractivity contribution in [3.05, 3.63) is 24.0 Å². The minimum absolute atomic E-state index is 0.0545. The van der Waals surface area contributed by atoms with Crippen LogP contribution in [0.15, 0.2) is 23.1 Å². The molecule has 0 saturated carbocycles. The second-order valence-electron chi connectivity index (χ2n) is 6.50. The highest BCUT2D eigenvalue weighted by molar-refractivity contribution is 7.89. The van der Waals surface area contributed by atoms with Gasteiger partial charge in [0.25, 0.3) is 0 Å². The number of fused-ring (bicyclic) bond motifs is 1. The molecule has 2 heterocycles. The number of imidazole rings is 1. The molecule has 9 heteroatoms. The maximum atomic E-state index is 12.9. The van der Waals surface area contributed by atoms with E-state index in [1.54, 1.807) is 23.1 Å². The van der Waals surface area contributed by atoms with Crippen LogP contribution in [0.5, 0.6) is 0 Å². The molecule has 0 radical (unpaired) electrons. The van der Waals surface area contributed by atoms with Crippen molar-refractivity contribution in [2.24, 2.45) is 0 Å². The number of benzene rings is 1. The molecule has 2 amide bonds. The number of amides is 2. The van der Waals surface area contributed by atoms with E-state index in [1.165, 1.54) is 4.31 Å². The lowest BCUT2D eigenvalue weighted by Gasteiger charge is -2.34. The number of aromatic nitrogens is 2. The Kier molecular flexibility index (Phi) is 4.70. The summed E-state index contributed by atoms with van der Waals surface area (Å²) in [6.07, 6.45) is 0. The quantitative estimate of drug-likeness (QED) is 0.856. The summed E-state index contributed by atoms with van der Waals surface area (Å²) in [5, 5.41) is 2.83. The van der Waals surface area contributed by atoms with Crippen molar-refractivity contribution in [1.82, 2.24) is 24.5 Å². The number of hydrogen-bond acceptors (Lipinski definition) is 4. The van der Waals surface area contributed by atoms with Gasteiger partial charge < -0.3 is 15.2 Å². The summed E-state index contributed by atoms with van der Waals surface area (Å²) in [6.45, 7) is 6.95. The van der Waals surface area contributed by atoms with E-state index in [4.69, 9.17) is 0 Å². The number of sulfonamides is 1. The van der Waals surface area contributed by atoms with Crippen LogP contribution in [0.1, 0.15) is 19.7 Å². The van der Waals surface area contributed by atoms with Gasteiger partial charge in [0, 0.05) is 32.2 Å². The first-order chi connectivity index (χ1) is 11.8. The molecule has 0 bridgehead atoms. The lowest BCUT2D eigenvalue weighted by atomic mass is 10.3. The Labute approximate surface area is 147 Å². The van der Waals surface area contributed by atoms with Gasteiger partial charge in [-0.05, 0) is 39.0 Å². The Morgan fingerprint density at radius 2 is 1.92 bits per heavy atom. The molecule has 1 fully saturated rings. The number of nitrogens with zero attached hydrogens (tertiary/aromatic N) is 3. The van der Waals surface area contributed by atoms with Crippen molar-refractivity contribution in [3.8, 4) is 0 Å². The monoisotopic (exact) mass is 365 g/mol. The van der Waals surface area contributed by atoms with Gasteiger partial charge in [-0.15, -0.1) is 0 Å². The fraction of sp³-hybridized carbons (Fsp3) is 0.500. The minimum Gasteiger partial charge on any atom is -0.342 e. The predicted molar refractivity (Wildman–Crippen MR) is 94.8 cm³/mol. The molecule has 0 atom stereocenters. The normalized spacial score (nSPS) is 16.6. The van der Waals surface area contributed by atoms with Crippen molar-refractivity contribution in [3.63, 3.8) is 0 Å². The molecule has 0 spiro atoms. The zero-order valence-electron chi connectivity index (χ0n) is 14.6. The van der Waals surface area contributed by atoms with Crippen LogP contribution in [-0.4, -0.2) is 65.8 Å². The van der Waals surface area contributed by atoms with Crippen molar-refractivity contribution in [2.45, 2.75) is 31.7 Å². The van der Waals surface area contributed by atoms with Gasteiger partial charge in [0.15, 0.2) is 0 Å². The second-order valence-corrected chi connectivity index (χ2v) is 8.43. The van der Waals surface area contributed by atoms with Crippen LogP contribution in [-0.2, 0) is 10.0 Å². The maximum absolute atomic E-state index is 12.9. The number of aryl methyl sites for hydroxylation is 1. The number of H-pyrrole nitrogens is 1. The van der Waals surface area contributed by atoms with Crippen molar-refractivity contribution in [1.29, 1.82) is 0 Å². The van der Waals surface area contributed by atoms with E-state index >= 15 is 0 Å². The fourth-order valence-electron chi connectivity index (χ4n) is 2.90.